The molecule has 1 fully saturated rings. The number of hydrogen-bond acceptors (Lipinski definition) is 6. The molecule has 110 valence electrons. The van der Waals surface area contributed by atoms with Crippen molar-refractivity contribution in [2.45, 2.75) is 25.9 Å². The van der Waals surface area contributed by atoms with Crippen molar-refractivity contribution in [2.24, 2.45) is 0 Å². The minimum atomic E-state index is 0.484. The Kier molecular flexibility index (Phi) is 4.06. The summed E-state index contributed by atoms with van der Waals surface area (Å²) in [5.41, 5.74) is 1.01. The van der Waals surface area contributed by atoms with E-state index in [0.717, 1.165) is 43.5 Å². The van der Waals surface area contributed by atoms with Crippen LogP contribution < -0.4 is 4.90 Å². The van der Waals surface area contributed by atoms with Crippen molar-refractivity contribution in [1.29, 1.82) is 0 Å². The van der Waals surface area contributed by atoms with Gasteiger partial charge in [0, 0.05) is 43.4 Å². The highest BCUT2D eigenvalue weighted by molar-refractivity contribution is 5.32. The Bertz CT molecular complexity index is 588. The van der Waals surface area contributed by atoms with Crippen molar-refractivity contribution in [3.63, 3.8) is 0 Å². The van der Waals surface area contributed by atoms with Crippen LogP contribution in [0, 0.1) is 6.92 Å². The predicted octanol–water partition coefficient (Wildman–Crippen LogP) is 1.29. The lowest BCUT2D eigenvalue weighted by molar-refractivity contribution is 0.244. The van der Waals surface area contributed by atoms with E-state index >= 15 is 0 Å². The highest BCUT2D eigenvalue weighted by Gasteiger charge is 2.27. The molecule has 0 radical (unpaired) electrons. The van der Waals surface area contributed by atoms with Crippen LogP contribution in [-0.2, 0) is 6.54 Å². The van der Waals surface area contributed by atoms with E-state index in [1.54, 1.807) is 12.4 Å². The molecular formula is C15H20N6. The molecule has 0 amide bonds. The molecule has 1 atom stereocenters. The lowest BCUT2D eigenvalue weighted by Crippen LogP contribution is -2.35. The zero-order chi connectivity index (χ0) is 14.7. The van der Waals surface area contributed by atoms with Gasteiger partial charge in [0.15, 0.2) is 0 Å². The highest BCUT2D eigenvalue weighted by atomic mass is 15.3. The first-order valence-corrected chi connectivity index (χ1v) is 7.23. The predicted molar refractivity (Wildman–Crippen MR) is 80.9 cm³/mol. The van der Waals surface area contributed by atoms with E-state index in [0.29, 0.717) is 6.04 Å². The van der Waals surface area contributed by atoms with Gasteiger partial charge >= 0.3 is 0 Å². The van der Waals surface area contributed by atoms with Crippen molar-refractivity contribution in [1.82, 2.24) is 24.8 Å². The molecule has 6 nitrogen and oxygen atoms in total. The van der Waals surface area contributed by atoms with E-state index in [4.69, 9.17) is 0 Å². The van der Waals surface area contributed by atoms with Gasteiger partial charge in [-0.1, -0.05) is 0 Å². The van der Waals surface area contributed by atoms with Crippen LogP contribution >= 0.6 is 0 Å². The summed E-state index contributed by atoms with van der Waals surface area (Å²) in [6.07, 6.45) is 6.52. The molecule has 0 aliphatic carbocycles. The SMILES string of the molecule is Cc1ccnc(N2CCC(N(C)Cc3ncccn3)C2)n1. The summed E-state index contributed by atoms with van der Waals surface area (Å²) < 4.78 is 0. The van der Waals surface area contributed by atoms with Crippen molar-refractivity contribution in [3.8, 4) is 0 Å². The monoisotopic (exact) mass is 284 g/mol. The van der Waals surface area contributed by atoms with Crippen LogP contribution in [0.1, 0.15) is 17.9 Å². The van der Waals surface area contributed by atoms with Gasteiger partial charge in [0.2, 0.25) is 5.95 Å². The second-order valence-electron chi connectivity index (χ2n) is 5.47. The molecule has 3 heterocycles. The van der Waals surface area contributed by atoms with Gasteiger partial charge in [-0.2, -0.15) is 0 Å². The summed E-state index contributed by atoms with van der Waals surface area (Å²) in [6.45, 7) is 4.71. The molecule has 1 aliphatic rings. The highest BCUT2D eigenvalue weighted by Crippen LogP contribution is 2.19. The van der Waals surface area contributed by atoms with Gasteiger partial charge in [0.1, 0.15) is 5.82 Å². The average molecular weight is 284 g/mol. The molecule has 0 spiro atoms. The maximum Gasteiger partial charge on any atom is 0.225 e. The fourth-order valence-corrected chi connectivity index (χ4v) is 2.64. The molecule has 3 rings (SSSR count). The molecule has 1 unspecified atom stereocenters. The van der Waals surface area contributed by atoms with Crippen molar-refractivity contribution in [3.05, 3.63) is 42.2 Å². The van der Waals surface area contributed by atoms with Crippen LogP contribution in [-0.4, -0.2) is 51.0 Å². The third kappa shape index (κ3) is 3.33. The van der Waals surface area contributed by atoms with Crippen LogP contribution in [0.4, 0.5) is 5.95 Å². The van der Waals surface area contributed by atoms with Crippen LogP contribution in [0.15, 0.2) is 30.7 Å². The van der Waals surface area contributed by atoms with Gasteiger partial charge in [0.05, 0.1) is 6.54 Å². The zero-order valence-electron chi connectivity index (χ0n) is 12.5. The van der Waals surface area contributed by atoms with E-state index in [-0.39, 0.29) is 0 Å². The smallest absolute Gasteiger partial charge is 0.225 e. The number of hydrogen-bond donors (Lipinski definition) is 0. The summed E-state index contributed by atoms with van der Waals surface area (Å²) in [4.78, 5) is 22.0. The molecule has 1 saturated heterocycles. The maximum atomic E-state index is 4.50. The summed E-state index contributed by atoms with van der Waals surface area (Å²) in [6, 6.07) is 4.25. The number of anilines is 1. The van der Waals surface area contributed by atoms with Crippen LogP contribution in [0.5, 0.6) is 0 Å². The van der Waals surface area contributed by atoms with E-state index in [1.807, 2.05) is 25.3 Å². The third-order valence-electron chi connectivity index (χ3n) is 3.86. The summed E-state index contributed by atoms with van der Waals surface area (Å²) in [5.74, 6) is 1.70. The maximum absolute atomic E-state index is 4.50. The van der Waals surface area contributed by atoms with Gasteiger partial charge in [0.25, 0.3) is 0 Å². The summed E-state index contributed by atoms with van der Waals surface area (Å²) in [5, 5.41) is 0. The summed E-state index contributed by atoms with van der Waals surface area (Å²) >= 11 is 0. The lowest BCUT2D eigenvalue weighted by Gasteiger charge is -2.23. The molecule has 0 bridgehead atoms. The van der Waals surface area contributed by atoms with E-state index in [2.05, 4.69) is 36.8 Å². The quantitative estimate of drug-likeness (QED) is 0.843. The van der Waals surface area contributed by atoms with Crippen molar-refractivity contribution >= 4 is 5.95 Å². The van der Waals surface area contributed by atoms with Gasteiger partial charge in [-0.05, 0) is 32.5 Å². The van der Waals surface area contributed by atoms with Crippen LogP contribution in [0.2, 0.25) is 0 Å². The largest absolute Gasteiger partial charge is 0.339 e. The normalized spacial score (nSPS) is 18.4. The zero-order valence-corrected chi connectivity index (χ0v) is 12.5. The first-order chi connectivity index (χ1) is 10.2. The molecule has 0 aromatic carbocycles. The molecule has 6 heteroatoms. The number of likely N-dealkylation sites (N-methyl/N-ethyl adjacent to an activating group) is 1. The molecule has 0 saturated carbocycles. The molecule has 2 aromatic rings. The Morgan fingerprint density at radius 3 is 2.81 bits per heavy atom. The van der Waals surface area contributed by atoms with Crippen molar-refractivity contribution < 1.29 is 0 Å². The third-order valence-corrected chi connectivity index (χ3v) is 3.86. The Balaban J connectivity index is 1.61. The first-order valence-electron chi connectivity index (χ1n) is 7.23. The Labute approximate surface area is 124 Å². The average Bonchev–Trinajstić information content (AvgIpc) is 2.98. The molecule has 2 aromatic heterocycles. The van der Waals surface area contributed by atoms with Gasteiger partial charge in [-0.3, -0.25) is 4.90 Å². The lowest BCUT2D eigenvalue weighted by atomic mass is 10.2. The van der Waals surface area contributed by atoms with Gasteiger partial charge < -0.3 is 4.90 Å². The van der Waals surface area contributed by atoms with Crippen LogP contribution in [0.3, 0.4) is 0 Å². The number of nitrogens with zero attached hydrogens (tertiary/aromatic N) is 6. The minimum absolute atomic E-state index is 0.484. The van der Waals surface area contributed by atoms with Crippen molar-refractivity contribution in [2.75, 3.05) is 25.0 Å². The number of aryl methyl sites for hydroxylation is 1. The molecule has 21 heavy (non-hydrogen) atoms. The topological polar surface area (TPSA) is 58.0 Å². The molecule has 1 aliphatic heterocycles. The van der Waals surface area contributed by atoms with E-state index in [9.17, 15) is 0 Å². The van der Waals surface area contributed by atoms with Gasteiger partial charge in [-0.15, -0.1) is 0 Å². The second-order valence-corrected chi connectivity index (χ2v) is 5.47. The number of rotatable bonds is 4. The minimum Gasteiger partial charge on any atom is -0.339 e. The Morgan fingerprint density at radius 2 is 2.05 bits per heavy atom. The Morgan fingerprint density at radius 1 is 1.24 bits per heavy atom. The fraction of sp³-hybridized carbons (Fsp3) is 0.467. The van der Waals surface area contributed by atoms with Crippen LogP contribution in [0.25, 0.3) is 0 Å². The second kappa shape index (κ2) is 6.13. The summed E-state index contributed by atoms with van der Waals surface area (Å²) in [7, 11) is 2.13. The molecule has 0 N–H and O–H groups in total. The first kappa shape index (κ1) is 13.9. The van der Waals surface area contributed by atoms with Gasteiger partial charge in [-0.25, -0.2) is 19.9 Å². The van der Waals surface area contributed by atoms with E-state index in [1.165, 1.54) is 0 Å². The molecular weight excluding hydrogens is 264 g/mol. The Hall–Kier alpha value is -2.08. The van der Waals surface area contributed by atoms with E-state index < -0.39 is 0 Å². The number of aromatic nitrogens is 4. The fourth-order valence-electron chi connectivity index (χ4n) is 2.64. The standard InChI is InChI=1S/C15H20N6/c1-12-4-8-18-15(19-12)21-9-5-13(10-21)20(2)11-14-16-6-3-7-17-14/h3-4,6-8,13H,5,9-11H2,1-2H3.